The van der Waals surface area contributed by atoms with Crippen LogP contribution in [0.5, 0.6) is 0 Å². The molecule has 5 rings (SSSR count). The van der Waals surface area contributed by atoms with E-state index in [2.05, 4.69) is 66.2 Å². The third-order valence-corrected chi connectivity index (χ3v) is 13.5. The van der Waals surface area contributed by atoms with E-state index in [1.807, 2.05) is 5.57 Å². The SMILES string of the molecule is C1=CO1.CCC(CC)C(C)C1(C)CCC2C(CCC3=CC(CC4CCC(N)[C@H](C)C4)CCC32C)C1(C)C. The van der Waals surface area contributed by atoms with Crippen molar-refractivity contribution in [3.8, 4) is 0 Å². The van der Waals surface area contributed by atoms with Gasteiger partial charge in [0, 0.05) is 6.04 Å². The zero-order chi connectivity index (χ0) is 27.0. The van der Waals surface area contributed by atoms with Crippen LogP contribution in [0.25, 0.3) is 0 Å². The molecule has 5 aliphatic rings. The molecule has 0 amide bonds. The topological polar surface area (TPSA) is 38.5 Å². The van der Waals surface area contributed by atoms with Gasteiger partial charge in [0.1, 0.15) is 12.5 Å². The van der Waals surface area contributed by atoms with E-state index in [0.29, 0.717) is 22.3 Å². The summed E-state index contributed by atoms with van der Waals surface area (Å²) in [5.41, 5.74) is 9.57. The van der Waals surface area contributed by atoms with Crippen LogP contribution < -0.4 is 5.73 Å². The Morgan fingerprint density at radius 2 is 1.62 bits per heavy atom. The van der Waals surface area contributed by atoms with Crippen LogP contribution in [-0.2, 0) is 4.74 Å². The van der Waals surface area contributed by atoms with Crippen LogP contribution in [0.1, 0.15) is 132 Å². The van der Waals surface area contributed by atoms with E-state index in [0.717, 1.165) is 41.4 Å². The van der Waals surface area contributed by atoms with E-state index < -0.39 is 0 Å². The largest absolute Gasteiger partial charge is 0.466 e. The van der Waals surface area contributed by atoms with Gasteiger partial charge in [0.2, 0.25) is 0 Å². The number of fused-ring (bicyclic) bond motifs is 3. The van der Waals surface area contributed by atoms with E-state index in [9.17, 15) is 0 Å². The summed E-state index contributed by atoms with van der Waals surface area (Å²) in [6.45, 7) is 20.6. The van der Waals surface area contributed by atoms with Gasteiger partial charge in [0.15, 0.2) is 0 Å². The van der Waals surface area contributed by atoms with Gasteiger partial charge in [0.25, 0.3) is 0 Å². The molecule has 2 nitrogen and oxygen atoms in total. The summed E-state index contributed by atoms with van der Waals surface area (Å²) in [6.07, 6.45) is 22.8. The molecule has 4 aliphatic carbocycles. The van der Waals surface area contributed by atoms with Crippen LogP contribution in [-0.4, -0.2) is 6.04 Å². The lowest BCUT2D eigenvalue weighted by Crippen LogP contribution is -2.57. The molecule has 0 aromatic rings. The average molecular weight is 512 g/mol. The highest BCUT2D eigenvalue weighted by atomic mass is 16.5. The molecule has 3 fully saturated rings. The molecule has 1 heterocycles. The Morgan fingerprint density at radius 1 is 0.946 bits per heavy atom. The number of hydrogen-bond acceptors (Lipinski definition) is 2. The minimum atomic E-state index is 0.431. The smallest absolute Gasteiger partial charge is 0.125 e. The minimum Gasteiger partial charge on any atom is -0.466 e. The van der Waals surface area contributed by atoms with Gasteiger partial charge in [-0.2, -0.15) is 0 Å². The van der Waals surface area contributed by atoms with Gasteiger partial charge in [-0.15, -0.1) is 0 Å². The van der Waals surface area contributed by atoms with E-state index in [4.69, 9.17) is 5.73 Å². The molecule has 2 heteroatoms. The number of hydrogen-bond donors (Lipinski definition) is 1. The highest BCUT2D eigenvalue weighted by molar-refractivity contribution is 5.25. The quantitative estimate of drug-likeness (QED) is 0.360. The van der Waals surface area contributed by atoms with Gasteiger partial charge < -0.3 is 10.5 Å². The van der Waals surface area contributed by atoms with E-state index >= 15 is 0 Å². The van der Waals surface area contributed by atoms with E-state index in [1.165, 1.54) is 77.0 Å². The Balaban J connectivity index is 0.000000994. The van der Waals surface area contributed by atoms with Crippen molar-refractivity contribution in [1.82, 2.24) is 0 Å². The lowest BCUT2D eigenvalue weighted by molar-refractivity contribution is -0.140. The van der Waals surface area contributed by atoms with E-state index in [-0.39, 0.29) is 0 Å². The van der Waals surface area contributed by atoms with Gasteiger partial charge in [-0.05, 0) is 122 Å². The maximum atomic E-state index is 6.32. The highest BCUT2D eigenvalue weighted by Crippen LogP contribution is 2.68. The first-order valence-electron chi connectivity index (χ1n) is 16.2. The molecule has 2 N–H and O–H groups in total. The third-order valence-electron chi connectivity index (χ3n) is 13.5. The average Bonchev–Trinajstić information content (AvgIpc) is 3.74. The van der Waals surface area contributed by atoms with Crippen molar-refractivity contribution < 1.29 is 4.74 Å². The number of ether oxygens (including phenoxy) is 1. The normalized spacial score (nSPS) is 42.9. The minimum absolute atomic E-state index is 0.431. The lowest BCUT2D eigenvalue weighted by atomic mass is 9.40. The fraction of sp³-hybridized carbons (Fsp3) is 0.886. The lowest BCUT2D eigenvalue weighted by Gasteiger charge is -2.65. The summed E-state index contributed by atoms with van der Waals surface area (Å²) in [5.74, 6) is 5.96. The zero-order valence-corrected chi connectivity index (χ0v) is 25.8. The molecule has 1 aliphatic heterocycles. The number of rotatable bonds is 6. The van der Waals surface area contributed by atoms with Crippen LogP contribution in [0.3, 0.4) is 0 Å². The summed E-state index contributed by atoms with van der Waals surface area (Å²) in [6, 6.07) is 0.451. The second-order valence-electron chi connectivity index (χ2n) is 15.2. The van der Waals surface area contributed by atoms with Crippen molar-refractivity contribution >= 4 is 0 Å². The third kappa shape index (κ3) is 5.62. The standard InChI is InChI=1S/C33H59N.C2H2O/c1-9-26(10-2)23(4)33(8)18-16-29-28(31(33,5)6)13-12-27-21-25(15-17-32(27,29)7)20-24-11-14-30(34)22(3)19-24;1-2-3-1/h21-26,28-30H,9-20,34H2,1-8H3;1-2H/t22-,23?,24?,25?,28?,29?,30?,32?,33?;/m1./s1. The Labute approximate surface area is 230 Å². The second-order valence-corrected chi connectivity index (χ2v) is 15.2. The number of allylic oxidation sites excluding steroid dienone is 2. The Hall–Kier alpha value is -0.760. The Kier molecular flexibility index (Phi) is 8.99. The van der Waals surface area contributed by atoms with Crippen molar-refractivity contribution in [2.45, 2.75) is 138 Å². The Morgan fingerprint density at radius 3 is 2.22 bits per heavy atom. The van der Waals surface area contributed by atoms with Crippen LogP contribution in [0.15, 0.2) is 24.2 Å². The van der Waals surface area contributed by atoms with Crippen LogP contribution in [0, 0.1) is 57.7 Å². The molecule has 9 atom stereocenters. The fourth-order valence-corrected chi connectivity index (χ4v) is 10.2. The molecule has 0 spiro atoms. The first-order chi connectivity index (χ1) is 17.5. The van der Waals surface area contributed by atoms with Gasteiger partial charge in [0.05, 0.1) is 0 Å². The summed E-state index contributed by atoms with van der Waals surface area (Å²) < 4.78 is 4.25. The van der Waals surface area contributed by atoms with E-state index in [1.54, 1.807) is 12.5 Å². The highest BCUT2D eigenvalue weighted by Gasteiger charge is 2.60. The van der Waals surface area contributed by atoms with Crippen molar-refractivity contribution in [3.05, 3.63) is 24.2 Å². The van der Waals surface area contributed by atoms with Crippen LogP contribution in [0.4, 0.5) is 0 Å². The second kappa shape index (κ2) is 11.4. The van der Waals surface area contributed by atoms with Gasteiger partial charge in [-0.3, -0.25) is 0 Å². The predicted octanol–water partition coefficient (Wildman–Crippen LogP) is 9.90. The van der Waals surface area contributed by atoms with Crippen molar-refractivity contribution in [3.63, 3.8) is 0 Å². The van der Waals surface area contributed by atoms with Gasteiger partial charge >= 0.3 is 0 Å². The van der Waals surface area contributed by atoms with Crippen LogP contribution in [0.2, 0.25) is 0 Å². The fourth-order valence-electron chi connectivity index (χ4n) is 10.2. The van der Waals surface area contributed by atoms with Gasteiger partial charge in [-0.25, -0.2) is 0 Å². The molecule has 0 bridgehead atoms. The molecule has 0 saturated heterocycles. The summed E-state index contributed by atoms with van der Waals surface area (Å²) in [5, 5.41) is 0. The van der Waals surface area contributed by atoms with Crippen molar-refractivity contribution in [2.75, 3.05) is 0 Å². The first kappa shape index (κ1) is 29.2. The predicted molar refractivity (Wildman–Crippen MR) is 159 cm³/mol. The molecule has 0 radical (unpaired) electrons. The summed E-state index contributed by atoms with van der Waals surface area (Å²) >= 11 is 0. The molecular formula is C35H61NO. The van der Waals surface area contributed by atoms with Crippen molar-refractivity contribution in [1.29, 1.82) is 0 Å². The van der Waals surface area contributed by atoms with Crippen molar-refractivity contribution in [2.24, 2.45) is 63.4 Å². The molecule has 212 valence electrons. The molecular weight excluding hydrogens is 450 g/mol. The maximum Gasteiger partial charge on any atom is 0.125 e. The molecule has 8 unspecified atom stereocenters. The van der Waals surface area contributed by atoms with Crippen LogP contribution >= 0.6 is 0 Å². The summed E-state index contributed by atoms with van der Waals surface area (Å²) in [4.78, 5) is 0. The number of nitrogens with two attached hydrogens (primary N) is 1. The molecule has 37 heavy (non-hydrogen) atoms. The summed E-state index contributed by atoms with van der Waals surface area (Å²) in [7, 11) is 0. The zero-order valence-electron chi connectivity index (χ0n) is 25.8. The molecule has 3 saturated carbocycles. The Bertz CT molecular complexity index is 819. The molecule has 0 aromatic carbocycles. The van der Waals surface area contributed by atoms with Gasteiger partial charge in [-0.1, -0.05) is 79.9 Å². The monoisotopic (exact) mass is 511 g/mol. The maximum absolute atomic E-state index is 6.32. The first-order valence-corrected chi connectivity index (χ1v) is 16.2. The molecule has 0 aromatic heterocycles.